The van der Waals surface area contributed by atoms with Crippen LogP contribution in [-0.2, 0) is 4.74 Å². The van der Waals surface area contributed by atoms with Gasteiger partial charge in [0.1, 0.15) is 23.4 Å². The van der Waals surface area contributed by atoms with Gasteiger partial charge in [-0.2, -0.15) is 5.26 Å². The van der Waals surface area contributed by atoms with Crippen LogP contribution < -0.4 is 5.32 Å². The fraction of sp³-hybridized carbons (Fsp3) is 0.500. The second-order valence-corrected chi connectivity index (χ2v) is 10.9. The summed E-state index contributed by atoms with van der Waals surface area (Å²) in [5, 5.41) is 13.9. The summed E-state index contributed by atoms with van der Waals surface area (Å²) in [4.78, 5) is 29.0. The van der Waals surface area contributed by atoms with E-state index in [9.17, 15) is 10.1 Å². The van der Waals surface area contributed by atoms with Gasteiger partial charge in [-0.3, -0.25) is 9.47 Å². The van der Waals surface area contributed by atoms with Crippen LogP contribution in [0.5, 0.6) is 0 Å². The number of hydrogen-bond donors (Lipinski definition) is 1. The zero-order valence-electron chi connectivity index (χ0n) is 20.3. The van der Waals surface area contributed by atoms with E-state index in [2.05, 4.69) is 27.6 Å². The number of amides is 1. The standard InChI is InChI=1S/C26H29N7O2/c1-25(2,3)35-24(34)33-9-8-28-14-26(33)11-19(26)22-21-18(17-4-5-17)13-32(23(21)31-15-30-22)20-10-16(12-27)6-7-29-20/h6-7,10,13,15,17,19,28H,4-5,8-9,11,14H2,1-3H3. The third-order valence-corrected chi connectivity index (χ3v) is 7.25. The van der Waals surface area contributed by atoms with Crippen LogP contribution in [0.4, 0.5) is 4.79 Å². The summed E-state index contributed by atoms with van der Waals surface area (Å²) in [5.41, 5.74) is 2.69. The number of aromatic nitrogens is 4. The maximum atomic E-state index is 13.1. The first kappa shape index (κ1) is 22.0. The number of fused-ring (bicyclic) bond motifs is 1. The highest BCUT2D eigenvalue weighted by Gasteiger charge is 2.63. The Labute approximate surface area is 204 Å². The quantitative estimate of drug-likeness (QED) is 0.621. The molecule has 1 spiro atoms. The molecule has 1 N–H and O–H groups in total. The van der Waals surface area contributed by atoms with Crippen molar-refractivity contribution >= 4 is 17.1 Å². The molecule has 6 rings (SSSR count). The monoisotopic (exact) mass is 471 g/mol. The second kappa shape index (κ2) is 7.75. The third-order valence-electron chi connectivity index (χ3n) is 7.25. The van der Waals surface area contributed by atoms with Gasteiger partial charge in [0.05, 0.1) is 22.9 Å². The highest BCUT2D eigenvalue weighted by molar-refractivity contribution is 5.87. The van der Waals surface area contributed by atoms with E-state index in [0.717, 1.165) is 42.5 Å². The Kier molecular flexibility index (Phi) is 4.87. The first-order valence-corrected chi connectivity index (χ1v) is 12.2. The molecule has 35 heavy (non-hydrogen) atoms. The number of carbonyl (C=O) groups is 1. The van der Waals surface area contributed by atoms with E-state index >= 15 is 0 Å². The van der Waals surface area contributed by atoms with Crippen molar-refractivity contribution < 1.29 is 9.53 Å². The molecule has 0 radical (unpaired) electrons. The van der Waals surface area contributed by atoms with Crippen LogP contribution in [0, 0.1) is 11.3 Å². The molecule has 1 aliphatic heterocycles. The molecule has 9 heteroatoms. The van der Waals surface area contributed by atoms with Crippen LogP contribution >= 0.6 is 0 Å². The van der Waals surface area contributed by atoms with Crippen molar-refractivity contribution in [1.29, 1.82) is 5.26 Å². The van der Waals surface area contributed by atoms with Crippen LogP contribution in [0.1, 0.15) is 68.7 Å². The molecule has 2 saturated carbocycles. The minimum Gasteiger partial charge on any atom is -0.444 e. The number of rotatable bonds is 3. The highest BCUT2D eigenvalue weighted by atomic mass is 16.6. The largest absolute Gasteiger partial charge is 0.444 e. The maximum absolute atomic E-state index is 13.1. The van der Waals surface area contributed by atoms with Gasteiger partial charge in [-0.25, -0.2) is 19.7 Å². The number of nitrogens with one attached hydrogen (secondary N) is 1. The van der Waals surface area contributed by atoms with Gasteiger partial charge in [-0.15, -0.1) is 0 Å². The molecule has 3 aromatic rings. The maximum Gasteiger partial charge on any atom is 0.410 e. The first-order valence-electron chi connectivity index (χ1n) is 12.2. The van der Waals surface area contributed by atoms with E-state index in [1.165, 1.54) is 5.56 Å². The predicted molar refractivity (Wildman–Crippen MR) is 129 cm³/mol. The Morgan fingerprint density at radius 1 is 1.29 bits per heavy atom. The highest BCUT2D eigenvalue weighted by Crippen LogP contribution is 2.58. The topological polar surface area (TPSA) is 109 Å². The third kappa shape index (κ3) is 3.73. The average Bonchev–Trinajstić information content (AvgIpc) is 3.76. The van der Waals surface area contributed by atoms with Gasteiger partial charge in [-0.05, 0) is 63.6 Å². The normalized spacial score (nSPS) is 23.9. The van der Waals surface area contributed by atoms with Crippen molar-refractivity contribution in [2.75, 3.05) is 19.6 Å². The van der Waals surface area contributed by atoms with Gasteiger partial charge >= 0.3 is 6.09 Å². The molecule has 3 aliphatic rings. The Morgan fingerprint density at radius 2 is 2.11 bits per heavy atom. The summed E-state index contributed by atoms with van der Waals surface area (Å²) >= 11 is 0. The van der Waals surface area contributed by atoms with E-state index in [1.54, 1.807) is 24.7 Å². The van der Waals surface area contributed by atoms with E-state index in [0.29, 0.717) is 30.4 Å². The van der Waals surface area contributed by atoms with Crippen molar-refractivity contribution in [3.05, 3.63) is 47.7 Å². The molecule has 180 valence electrons. The lowest BCUT2D eigenvalue weighted by molar-refractivity contribution is 0.00747. The lowest BCUT2D eigenvalue weighted by Crippen LogP contribution is -2.57. The van der Waals surface area contributed by atoms with E-state index in [4.69, 9.17) is 9.72 Å². The first-order chi connectivity index (χ1) is 16.8. The molecule has 3 aromatic heterocycles. The van der Waals surface area contributed by atoms with Crippen molar-refractivity contribution in [2.45, 2.75) is 63.0 Å². The summed E-state index contributed by atoms with van der Waals surface area (Å²) in [7, 11) is 0. The van der Waals surface area contributed by atoms with Gasteiger partial charge in [0.15, 0.2) is 0 Å². The van der Waals surface area contributed by atoms with E-state index in [-0.39, 0.29) is 17.6 Å². The SMILES string of the molecule is CC(C)(C)OC(=O)N1CCNCC12CC2c1ncnc2c1c(C1CC1)cn2-c1cc(C#N)ccn1. The number of ether oxygens (including phenoxy) is 1. The van der Waals surface area contributed by atoms with Crippen LogP contribution in [-0.4, -0.2) is 61.3 Å². The molecule has 2 unspecified atom stereocenters. The second-order valence-electron chi connectivity index (χ2n) is 10.9. The Hall–Kier alpha value is -3.51. The number of nitrogens with zero attached hydrogens (tertiary/aromatic N) is 6. The van der Waals surface area contributed by atoms with E-state index in [1.807, 2.05) is 30.2 Å². The molecule has 2 atom stereocenters. The summed E-state index contributed by atoms with van der Waals surface area (Å²) in [6.07, 6.45) is 8.23. The van der Waals surface area contributed by atoms with Gasteiger partial charge < -0.3 is 10.1 Å². The van der Waals surface area contributed by atoms with Gasteiger partial charge in [0, 0.05) is 43.3 Å². The molecule has 4 heterocycles. The Bertz CT molecular complexity index is 1360. The van der Waals surface area contributed by atoms with Gasteiger partial charge in [-0.1, -0.05) is 0 Å². The Balaban J connectivity index is 1.43. The van der Waals surface area contributed by atoms with Crippen LogP contribution in [0.15, 0.2) is 30.9 Å². The zero-order valence-corrected chi connectivity index (χ0v) is 20.3. The van der Waals surface area contributed by atoms with Gasteiger partial charge in [0.25, 0.3) is 0 Å². The molecule has 2 aliphatic carbocycles. The summed E-state index contributed by atoms with van der Waals surface area (Å²) in [6.45, 7) is 7.78. The van der Waals surface area contributed by atoms with E-state index < -0.39 is 5.60 Å². The van der Waals surface area contributed by atoms with Crippen LogP contribution in [0.2, 0.25) is 0 Å². The lowest BCUT2D eigenvalue weighted by atomic mass is 10.0. The molecule has 9 nitrogen and oxygen atoms in total. The molecule has 0 aromatic carbocycles. The molecule has 3 fully saturated rings. The number of nitriles is 1. The predicted octanol–water partition coefficient (Wildman–Crippen LogP) is 3.63. The van der Waals surface area contributed by atoms with Crippen molar-refractivity contribution in [2.24, 2.45) is 0 Å². The van der Waals surface area contributed by atoms with Crippen molar-refractivity contribution in [3.63, 3.8) is 0 Å². The van der Waals surface area contributed by atoms with Crippen molar-refractivity contribution in [3.8, 4) is 11.9 Å². The summed E-state index contributed by atoms with van der Waals surface area (Å²) in [5.74, 6) is 1.25. The van der Waals surface area contributed by atoms with Crippen molar-refractivity contribution in [1.82, 2.24) is 29.7 Å². The Morgan fingerprint density at radius 3 is 2.86 bits per heavy atom. The molecule has 1 saturated heterocycles. The zero-order chi connectivity index (χ0) is 24.4. The molecular formula is C26H29N7O2. The molecule has 0 bridgehead atoms. The average molecular weight is 472 g/mol. The summed E-state index contributed by atoms with van der Waals surface area (Å²) < 4.78 is 7.75. The minimum atomic E-state index is -0.545. The van der Waals surface area contributed by atoms with Gasteiger partial charge in [0.2, 0.25) is 0 Å². The van der Waals surface area contributed by atoms with Crippen LogP contribution in [0.25, 0.3) is 16.9 Å². The minimum absolute atomic E-state index is 0.0973. The fourth-order valence-electron chi connectivity index (χ4n) is 5.42. The number of piperazine rings is 1. The molecular weight excluding hydrogens is 442 g/mol. The van der Waals surface area contributed by atoms with Crippen LogP contribution in [0.3, 0.4) is 0 Å². The smallest absolute Gasteiger partial charge is 0.410 e. The number of pyridine rings is 1. The number of hydrogen-bond acceptors (Lipinski definition) is 7. The number of carbonyl (C=O) groups excluding carboxylic acids is 1. The lowest BCUT2D eigenvalue weighted by Gasteiger charge is -2.38. The summed E-state index contributed by atoms with van der Waals surface area (Å²) in [6, 6.07) is 5.68. The molecule has 1 amide bonds. The fourth-order valence-corrected chi connectivity index (χ4v) is 5.42.